The Balaban J connectivity index is 1.81. The van der Waals surface area contributed by atoms with Crippen LogP contribution in [0.2, 0.25) is 5.02 Å². The van der Waals surface area contributed by atoms with Gasteiger partial charge in [-0.3, -0.25) is 0 Å². The average molecular weight is 361 g/mol. The summed E-state index contributed by atoms with van der Waals surface area (Å²) in [5.74, 6) is 1.08. The molecule has 0 saturated carbocycles. The number of para-hydroxylation sites is 1. The van der Waals surface area contributed by atoms with Gasteiger partial charge in [-0.05, 0) is 57.6 Å². The van der Waals surface area contributed by atoms with Crippen LogP contribution in [0.1, 0.15) is 29.5 Å². The van der Waals surface area contributed by atoms with Crippen molar-refractivity contribution in [2.24, 2.45) is 5.92 Å². The van der Waals surface area contributed by atoms with Crippen molar-refractivity contribution in [3.8, 4) is 0 Å². The molecule has 1 heterocycles. The van der Waals surface area contributed by atoms with Crippen LogP contribution in [0.5, 0.6) is 0 Å². The van der Waals surface area contributed by atoms with Crippen LogP contribution in [0.15, 0.2) is 59.1 Å². The summed E-state index contributed by atoms with van der Waals surface area (Å²) in [6.07, 6.45) is 5.80. The van der Waals surface area contributed by atoms with Crippen LogP contribution in [0.3, 0.4) is 0 Å². The van der Waals surface area contributed by atoms with Gasteiger partial charge in [0.15, 0.2) is 0 Å². The maximum Gasteiger partial charge on any atom is 0.0554 e. The van der Waals surface area contributed by atoms with Gasteiger partial charge < -0.3 is 5.32 Å². The summed E-state index contributed by atoms with van der Waals surface area (Å²) in [4.78, 5) is 0. The molecule has 106 valence electrons. The number of nitrogens with one attached hydrogen (secondary N) is 1. The van der Waals surface area contributed by atoms with Crippen molar-refractivity contribution in [1.29, 1.82) is 0 Å². The molecule has 0 bridgehead atoms. The second-order valence-corrected chi connectivity index (χ2v) is 7.02. The second kappa shape index (κ2) is 5.19. The quantitative estimate of drug-likeness (QED) is 0.622. The van der Waals surface area contributed by atoms with Crippen molar-refractivity contribution in [2.45, 2.75) is 18.4 Å². The molecule has 0 aromatic heterocycles. The maximum absolute atomic E-state index is 6.03. The predicted octanol–water partition coefficient (Wildman–Crippen LogP) is 5.93. The zero-order valence-corrected chi connectivity index (χ0v) is 13.7. The van der Waals surface area contributed by atoms with E-state index in [4.69, 9.17) is 11.6 Å². The molecule has 1 N–H and O–H groups in total. The zero-order chi connectivity index (χ0) is 14.4. The number of anilines is 1. The number of hydrogen-bond donors (Lipinski definition) is 1. The lowest BCUT2D eigenvalue weighted by atomic mass is 9.77. The Bertz CT molecular complexity index is 708. The van der Waals surface area contributed by atoms with Gasteiger partial charge in [-0.2, -0.15) is 0 Å². The third-order valence-corrected chi connectivity index (χ3v) is 5.49. The minimum atomic E-state index is 0.327. The highest BCUT2D eigenvalue weighted by Crippen LogP contribution is 2.51. The van der Waals surface area contributed by atoms with Gasteiger partial charge in [0.2, 0.25) is 0 Å². The van der Waals surface area contributed by atoms with Crippen molar-refractivity contribution in [2.75, 3.05) is 5.32 Å². The molecule has 2 aliphatic rings. The lowest BCUT2D eigenvalue weighted by Gasteiger charge is -2.38. The zero-order valence-electron chi connectivity index (χ0n) is 11.4. The first-order chi connectivity index (χ1) is 10.2. The van der Waals surface area contributed by atoms with E-state index in [9.17, 15) is 0 Å². The molecule has 0 saturated heterocycles. The molecule has 21 heavy (non-hydrogen) atoms. The fourth-order valence-electron chi connectivity index (χ4n) is 3.58. The lowest BCUT2D eigenvalue weighted by Crippen LogP contribution is -2.29. The SMILES string of the molecule is Clc1ccc([C@@H]2Nc3c(Br)cccc3[C@@H]3C=CC[C@@H]32)cc1. The molecule has 1 nitrogen and oxygen atoms in total. The number of hydrogen-bond acceptors (Lipinski definition) is 1. The van der Waals surface area contributed by atoms with Gasteiger partial charge in [0, 0.05) is 15.4 Å². The van der Waals surface area contributed by atoms with Crippen molar-refractivity contribution in [3.63, 3.8) is 0 Å². The van der Waals surface area contributed by atoms with E-state index in [0.29, 0.717) is 17.9 Å². The van der Waals surface area contributed by atoms with Gasteiger partial charge in [0.25, 0.3) is 0 Å². The molecule has 4 rings (SSSR count). The summed E-state index contributed by atoms with van der Waals surface area (Å²) in [6, 6.07) is 15.0. The highest BCUT2D eigenvalue weighted by Gasteiger charge is 2.38. The normalized spacial score (nSPS) is 26.1. The molecule has 3 heteroatoms. The number of rotatable bonds is 1. The smallest absolute Gasteiger partial charge is 0.0554 e. The second-order valence-electron chi connectivity index (χ2n) is 5.73. The van der Waals surface area contributed by atoms with Gasteiger partial charge in [-0.1, -0.05) is 48.0 Å². The fourth-order valence-corrected chi connectivity index (χ4v) is 4.21. The Morgan fingerprint density at radius 1 is 1.10 bits per heavy atom. The van der Waals surface area contributed by atoms with Gasteiger partial charge >= 0.3 is 0 Å². The summed E-state index contributed by atoms with van der Waals surface area (Å²) in [7, 11) is 0. The standard InChI is InChI=1S/C18H15BrClN/c19-16-6-2-5-15-13-3-1-4-14(13)17(21-18(15)16)11-7-9-12(20)10-8-11/h1-3,5-10,13-14,17,21H,4H2/t13-,14+,17+/m1/s1. The molecule has 0 spiro atoms. The van der Waals surface area contributed by atoms with Gasteiger partial charge in [-0.25, -0.2) is 0 Å². The number of fused-ring (bicyclic) bond motifs is 3. The first kappa shape index (κ1) is 13.4. The van der Waals surface area contributed by atoms with E-state index in [1.807, 2.05) is 12.1 Å². The summed E-state index contributed by atoms with van der Waals surface area (Å²) >= 11 is 9.71. The van der Waals surface area contributed by atoms with Crippen molar-refractivity contribution >= 4 is 33.2 Å². The molecule has 0 unspecified atom stereocenters. The minimum absolute atomic E-state index is 0.327. The first-order valence-electron chi connectivity index (χ1n) is 7.21. The van der Waals surface area contributed by atoms with E-state index in [1.165, 1.54) is 16.8 Å². The summed E-state index contributed by atoms with van der Waals surface area (Å²) in [5, 5.41) is 4.53. The van der Waals surface area contributed by atoms with E-state index < -0.39 is 0 Å². The third kappa shape index (κ3) is 2.21. The summed E-state index contributed by atoms with van der Waals surface area (Å²) in [5.41, 5.74) is 3.93. The van der Waals surface area contributed by atoms with Crippen LogP contribution in [-0.4, -0.2) is 0 Å². The molecule has 0 radical (unpaired) electrons. The van der Waals surface area contributed by atoms with Crippen LogP contribution in [0.4, 0.5) is 5.69 Å². The van der Waals surface area contributed by atoms with Crippen LogP contribution in [-0.2, 0) is 0 Å². The highest BCUT2D eigenvalue weighted by atomic mass is 79.9. The maximum atomic E-state index is 6.03. The van der Waals surface area contributed by atoms with E-state index in [1.54, 1.807) is 0 Å². The van der Waals surface area contributed by atoms with Gasteiger partial charge in [0.05, 0.1) is 11.7 Å². The van der Waals surface area contributed by atoms with Gasteiger partial charge in [-0.15, -0.1) is 0 Å². The number of allylic oxidation sites excluding steroid dienone is 2. The summed E-state index contributed by atoms with van der Waals surface area (Å²) in [6.45, 7) is 0. The summed E-state index contributed by atoms with van der Waals surface area (Å²) < 4.78 is 1.14. The molecular weight excluding hydrogens is 346 g/mol. The molecule has 3 atom stereocenters. The Hall–Kier alpha value is -1.25. The van der Waals surface area contributed by atoms with E-state index >= 15 is 0 Å². The largest absolute Gasteiger partial charge is 0.377 e. The number of benzene rings is 2. The van der Waals surface area contributed by atoms with Crippen LogP contribution < -0.4 is 5.32 Å². The molecule has 2 aromatic carbocycles. The number of halogens is 2. The predicted molar refractivity (Wildman–Crippen MR) is 91.9 cm³/mol. The van der Waals surface area contributed by atoms with Crippen LogP contribution in [0.25, 0.3) is 0 Å². The molecule has 1 aliphatic carbocycles. The monoisotopic (exact) mass is 359 g/mol. The molecule has 2 aromatic rings. The Morgan fingerprint density at radius 2 is 1.90 bits per heavy atom. The molecular formula is C18H15BrClN. The Labute approximate surface area is 138 Å². The lowest BCUT2D eigenvalue weighted by molar-refractivity contribution is 0.425. The van der Waals surface area contributed by atoms with Crippen LogP contribution >= 0.6 is 27.5 Å². The Kier molecular flexibility index (Phi) is 3.31. The Morgan fingerprint density at radius 3 is 2.71 bits per heavy atom. The fraction of sp³-hybridized carbons (Fsp3) is 0.222. The van der Waals surface area contributed by atoms with E-state index in [2.05, 4.69) is 63.7 Å². The third-order valence-electron chi connectivity index (χ3n) is 4.58. The first-order valence-corrected chi connectivity index (χ1v) is 8.38. The topological polar surface area (TPSA) is 12.0 Å². The van der Waals surface area contributed by atoms with E-state index in [0.717, 1.165) is 15.9 Å². The van der Waals surface area contributed by atoms with Crippen molar-refractivity contribution in [1.82, 2.24) is 0 Å². The minimum Gasteiger partial charge on any atom is -0.377 e. The molecule has 1 aliphatic heterocycles. The van der Waals surface area contributed by atoms with Crippen molar-refractivity contribution < 1.29 is 0 Å². The van der Waals surface area contributed by atoms with E-state index in [-0.39, 0.29) is 0 Å². The van der Waals surface area contributed by atoms with Crippen LogP contribution in [0, 0.1) is 5.92 Å². The molecule has 0 amide bonds. The molecule has 0 fully saturated rings. The average Bonchev–Trinajstić information content (AvgIpc) is 2.98. The highest BCUT2D eigenvalue weighted by molar-refractivity contribution is 9.10. The van der Waals surface area contributed by atoms with Gasteiger partial charge in [0.1, 0.15) is 0 Å². The van der Waals surface area contributed by atoms with Crippen molar-refractivity contribution in [3.05, 3.63) is 75.2 Å².